The molecule has 0 fully saturated rings. The van der Waals surface area contributed by atoms with Gasteiger partial charge in [0.25, 0.3) is 0 Å². The molecule has 19 heavy (non-hydrogen) atoms. The number of methoxy groups -OCH3 is 1. The zero-order valence-corrected chi connectivity index (χ0v) is 11.4. The maximum atomic E-state index is 9.85. The Morgan fingerprint density at radius 3 is 2.63 bits per heavy atom. The van der Waals surface area contributed by atoms with Crippen LogP contribution in [0.5, 0.6) is 17.2 Å². The molecule has 1 unspecified atom stereocenters. The normalized spacial score (nSPS) is 12.0. The third-order valence-electron chi connectivity index (χ3n) is 2.57. The van der Waals surface area contributed by atoms with Gasteiger partial charge in [-0.15, -0.1) is 0 Å². The molecular formula is C14H14ClNO3. The van der Waals surface area contributed by atoms with Gasteiger partial charge in [0.2, 0.25) is 0 Å². The standard InChI is InChI=1S/C14H14ClNO3/c1-9(17)14-12(18-2)4-3-5-13(14)19-11-6-10(15)7-16-8-11/h3-9,17H,1-2H3. The summed E-state index contributed by atoms with van der Waals surface area (Å²) in [6.07, 6.45) is 2.37. The van der Waals surface area contributed by atoms with Gasteiger partial charge >= 0.3 is 0 Å². The maximum absolute atomic E-state index is 9.85. The first kappa shape index (κ1) is 13.6. The van der Waals surface area contributed by atoms with Crippen molar-refractivity contribution >= 4 is 11.6 Å². The van der Waals surface area contributed by atoms with Crippen LogP contribution in [0.25, 0.3) is 0 Å². The van der Waals surface area contributed by atoms with E-state index in [9.17, 15) is 5.11 Å². The molecule has 0 saturated carbocycles. The molecule has 100 valence electrons. The van der Waals surface area contributed by atoms with E-state index in [2.05, 4.69) is 4.98 Å². The Balaban J connectivity index is 2.39. The highest BCUT2D eigenvalue weighted by atomic mass is 35.5. The Labute approximate surface area is 116 Å². The predicted octanol–water partition coefficient (Wildman–Crippen LogP) is 3.59. The number of ether oxygens (including phenoxy) is 2. The number of aromatic nitrogens is 1. The molecule has 1 heterocycles. The van der Waals surface area contributed by atoms with Gasteiger partial charge in [-0.2, -0.15) is 0 Å². The lowest BCUT2D eigenvalue weighted by Gasteiger charge is -2.16. The molecule has 0 spiro atoms. The van der Waals surface area contributed by atoms with E-state index in [1.807, 2.05) is 0 Å². The fraction of sp³-hybridized carbons (Fsp3) is 0.214. The second kappa shape index (κ2) is 5.91. The molecule has 0 saturated heterocycles. The van der Waals surface area contributed by atoms with Crippen molar-refractivity contribution in [1.82, 2.24) is 4.98 Å². The summed E-state index contributed by atoms with van der Waals surface area (Å²) in [5.41, 5.74) is 0.588. The number of benzene rings is 1. The van der Waals surface area contributed by atoms with Gasteiger partial charge in [-0.25, -0.2) is 0 Å². The Kier molecular flexibility index (Phi) is 4.24. The fourth-order valence-corrected chi connectivity index (χ4v) is 1.94. The molecule has 0 aliphatic heterocycles. The molecular weight excluding hydrogens is 266 g/mol. The summed E-state index contributed by atoms with van der Waals surface area (Å²) < 4.78 is 10.9. The average Bonchev–Trinajstić information content (AvgIpc) is 2.38. The van der Waals surface area contributed by atoms with E-state index in [1.165, 1.54) is 6.20 Å². The lowest BCUT2D eigenvalue weighted by molar-refractivity contribution is 0.190. The first-order valence-electron chi connectivity index (χ1n) is 5.75. The van der Waals surface area contributed by atoms with Crippen LogP contribution in [0, 0.1) is 0 Å². The number of halogens is 1. The molecule has 0 amide bonds. The highest BCUT2D eigenvalue weighted by Crippen LogP contribution is 2.36. The number of pyridine rings is 1. The summed E-state index contributed by atoms with van der Waals surface area (Å²) in [5, 5.41) is 10.3. The van der Waals surface area contributed by atoms with Crippen LogP contribution in [0.1, 0.15) is 18.6 Å². The summed E-state index contributed by atoms with van der Waals surface area (Å²) in [6, 6.07) is 6.97. The summed E-state index contributed by atoms with van der Waals surface area (Å²) >= 11 is 5.86. The Bertz CT molecular complexity index is 572. The van der Waals surface area contributed by atoms with Crippen LogP contribution in [0.3, 0.4) is 0 Å². The van der Waals surface area contributed by atoms with Crippen molar-refractivity contribution in [2.75, 3.05) is 7.11 Å². The van der Waals surface area contributed by atoms with Crippen molar-refractivity contribution < 1.29 is 14.6 Å². The Morgan fingerprint density at radius 1 is 1.26 bits per heavy atom. The van der Waals surface area contributed by atoms with E-state index in [-0.39, 0.29) is 0 Å². The summed E-state index contributed by atoms with van der Waals surface area (Å²) in [7, 11) is 1.55. The van der Waals surface area contributed by atoms with E-state index < -0.39 is 6.10 Å². The minimum Gasteiger partial charge on any atom is -0.496 e. The zero-order chi connectivity index (χ0) is 13.8. The molecule has 5 heteroatoms. The lowest BCUT2D eigenvalue weighted by Crippen LogP contribution is -2.00. The van der Waals surface area contributed by atoms with E-state index in [0.29, 0.717) is 27.8 Å². The van der Waals surface area contributed by atoms with Crippen LogP contribution in [-0.2, 0) is 0 Å². The molecule has 0 bridgehead atoms. The second-order valence-corrected chi connectivity index (χ2v) is 4.43. The van der Waals surface area contributed by atoms with E-state index in [1.54, 1.807) is 44.5 Å². The average molecular weight is 280 g/mol. The number of aliphatic hydroxyl groups excluding tert-OH is 1. The van der Waals surface area contributed by atoms with Crippen LogP contribution >= 0.6 is 11.6 Å². The van der Waals surface area contributed by atoms with Crippen LogP contribution in [0.4, 0.5) is 0 Å². The first-order valence-corrected chi connectivity index (χ1v) is 6.13. The van der Waals surface area contributed by atoms with Crippen molar-refractivity contribution in [3.63, 3.8) is 0 Å². The van der Waals surface area contributed by atoms with Crippen LogP contribution in [0.15, 0.2) is 36.7 Å². The van der Waals surface area contributed by atoms with Gasteiger partial charge < -0.3 is 14.6 Å². The minimum absolute atomic E-state index is 0.485. The highest BCUT2D eigenvalue weighted by molar-refractivity contribution is 6.30. The molecule has 1 N–H and O–H groups in total. The van der Waals surface area contributed by atoms with Crippen LogP contribution < -0.4 is 9.47 Å². The first-order chi connectivity index (χ1) is 9.11. The third kappa shape index (κ3) is 3.16. The van der Waals surface area contributed by atoms with Gasteiger partial charge in [-0.3, -0.25) is 4.98 Å². The monoisotopic (exact) mass is 279 g/mol. The fourth-order valence-electron chi connectivity index (χ4n) is 1.78. The lowest BCUT2D eigenvalue weighted by atomic mass is 10.1. The number of hydrogen-bond donors (Lipinski definition) is 1. The molecule has 1 atom stereocenters. The molecule has 0 aliphatic rings. The van der Waals surface area contributed by atoms with Gasteiger partial charge in [0.1, 0.15) is 17.2 Å². The molecule has 2 rings (SSSR count). The maximum Gasteiger partial charge on any atom is 0.147 e. The third-order valence-corrected chi connectivity index (χ3v) is 2.78. The van der Waals surface area contributed by atoms with Gasteiger partial charge in [0.15, 0.2) is 0 Å². The van der Waals surface area contributed by atoms with Crippen molar-refractivity contribution in [3.05, 3.63) is 47.2 Å². The predicted molar refractivity (Wildman–Crippen MR) is 72.9 cm³/mol. The van der Waals surface area contributed by atoms with E-state index >= 15 is 0 Å². The van der Waals surface area contributed by atoms with Gasteiger partial charge in [-0.05, 0) is 19.1 Å². The van der Waals surface area contributed by atoms with Gasteiger partial charge in [0.05, 0.1) is 30.0 Å². The van der Waals surface area contributed by atoms with Crippen molar-refractivity contribution in [1.29, 1.82) is 0 Å². The zero-order valence-electron chi connectivity index (χ0n) is 10.6. The Hall–Kier alpha value is -1.78. The summed E-state index contributed by atoms with van der Waals surface area (Å²) in [6.45, 7) is 1.65. The smallest absolute Gasteiger partial charge is 0.147 e. The topological polar surface area (TPSA) is 51.6 Å². The molecule has 1 aromatic heterocycles. The quantitative estimate of drug-likeness (QED) is 0.929. The van der Waals surface area contributed by atoms with Gasteiger partial charge in [0, 0.05) is 12.3 Å². The van der Waals surface area contributed by atoms with Crippen molar-refractivity contribution in [3.8, 4) is 17.2 Å². The van der Waals surface area contributed by atoms with E-state index in [4.69, 9.17) is 21.1 Å². The molecule has 2 aromatic rings. The highest BCUT2D eigenvalue weighted by Gasteiger charge is 2.16. The van der Waals surface area contributed by atoms with E-state index in [0.717, 1.165) is 0 Å². The number of hydrogen-bond acceptors (Lipinski definition) is 4. The SMILES string of the molecule is COc1cccc(Oc2cncc(Cl)c2)c1C(C)O. The van der Waals surface area contributed by atoms with Crippen LogP contribution in [0.2, 0.25) is 5.02 Å². The molecule has 1 aromatic carbocycles. The minimum atomic E-state index is -0.710. The van der Waals surface area contributed by atoms with Gasteiger partial charge in [-0.1, -0.05) is 17.7 Å². The molecule has 4 nitrogen and oxygen atoms in total. The summed E-state index contributed by atoms with van der Waals surface area (Å²) in [5.74, 6) is 1.59. The molecule has 0 radical (unpaired) electrons. The largest absolute Gasteiger partial charge is 0.496 e. The number of aliphatic hydroxyl groups is 1. The number of rotatable bonds is 4. The second-order valence-electron chi connectivity index (χ2n) is 3.99. The number of nitrogens with zero attached hydrogens (tertiary/aromatic N) is 1. The van der Waals surface area contributed by atoms with Crippen molar-refractivity contribution in [2.45, 2.75) is 13.0 Å². The van der Waals surface area contributed by atoms with Crippen LogP contribution in [-0.4, -0.2) is 17.2 Å². The Morgan fingerprint density at radius 2 is 2.00 bits per heavy atom. The summed E-state index contributed by atoms with van der Waals surface area (Å²) in [4.78, 5) is 3.95. The van der Waals surface area contributed by atoms with Crippen molar-refractivity contribution in [2.24, 2.45) is 0 Å². The molecule has 0 aliphatic carbocycles.